The van der Waals surface area contributed by atoms with Crippen molar-refractivity contribution >= 4 is 44.2 Å². The predicted octanol–water partition coefficient (Wildman–Crippen LogP) is 4.05. The van der Waals surface area contributed by atoms with E-state index < -0.39 is 0 Å². The molecule has 1 aliphatic rings. The Kier molecular flexibility index (Phi) is 5.23. The third-order valence-electron chi connectivity index (χ3n) is 3.62. The molecule has 9 heteroatoms. The molecule has 0 spiro atoms. The standard InChI is InChI=1S/C16H17N5OS3/c1-2-12(22-11-6-4-3-5-7-11)14-20-21-13(18-19-15(21)25-14)10-24-16-17-8-9-23-16/h3-7,12H,2,8-10H2,1H3/t12-/m1/s1. The normalized spacial score (nSPS) is 15.5. The summed E-state index contributed by atoms with van der Waals surface area (Å²) in [5.41, 5.74) is 0. The highest BCUT2D eigenvalue weighted by atomic mass is 32.2. The Balaban J connectivity index is 1.51. The summed E-state index contributed by atoms with van der Waals surface area (Å²) in [6, 6.07) is 9.85. The van der Waals surface area contributed by atoms with Crippen molar-refractivity contribution in [3.63, 3.8) is 0 Å². The molecule has 6 nitrogen and oxygen atoms in total. The third kappa shape index (κ3) is 3.83. The monoisotopic (exact) mass is 391 g/mol. The zero-order valence-electron chi connectivity index (χ0n) is 13.7. The van der Waals surface area contributed by atoms with Gasteiger partial charge in [-0.15, -0.1) is 10.2 Å². The maximum Gasteiger partial charge on any atom is 0.234 e. The minimum atomic E-state index is -0.0793. The molecule has 4 rings (SSSR count). The highest BCUT2D eigenvalue weighted by molar-refractivity contribution is 8.38. The Bertz CT molecular complexity index is 876. The largest absolute Gasteiger partial charge is 0.483 e. The number of aliphatic imine (C=N–C) groups is 1. The number of benzene rings is 1. The molecule has 0 aliphatic carbocycles. The summed E-state index contributed by atoms with van der Waals surface area (Å²) in [6.07, 6.45) is 0.764. The number of fused-ring (bicyclic) bond motifs is 1. The number of hydrogen-bond acceptors (Lipinski definition) is 8. The van der Waals surface area contributed by atoms with Crippen molar-refractivity contribution < 1.29 is 4.74 Å². The Morgan fingerprint density at radius 1 is 1.28 bits per heavy atom. The van der Waals surface area contributed by atoms with Crippen LogP contribution < -0.4 is 4.74 Å². The summed E-state index contributed by atoms with van der Waals surface area (Å²) in [5, 5.41) is 14.2. The second kappa shape index (κ2) is 7.76. The Morgan fingerprint density at radius 3 is 2.92 bits per heavy atom. The third-order valence-corrected chi connectivity index (χ3v) is 6.86. The first-order valence-corrected chi connectivity index (χ1v) is 10.8. The fraction of sp³-hybridized carbons (Fsp3) is 0.375. The summed E-state index contributed by atoms with van der Waals surface area (Å²) >= 11 is 5.04. The molecule has 3 heterocycles. The molecule has 0 bridgehead atoms. The van der Waals surface area contributed by atoms with Crippen LogP contribution in [-0.2, 0) is 5.75 Å². The molecular formula is C16H17N5OS3. The SMILES string of the molecule is CC[C@@H](Oc1ccccc1)c1nn2c(CSC3=NCCS3)nnc2s1. The molecule has 3 aromatic rings. The van der Waals surface area contributed by atoms with Crippen LogP contribution in [0, 0.1) is 0 Å². The fourth-order valence-electron chi connectivity index (χ4n) is 2.39. The topological polar surface area (TPSA) is 64.7 Å². The first-order chi connectivity index (χ1) is 12.3. The van der Waals surface area contributed by atoms with Gasteiger partial charge in [-0.2, -0.15) is 9.61 Å². The Hall–Kier alpha value is -1.58. The zero-order valence-corrected chi connectivity index (χ0v) is 16.1. The van der Waals surface area contributed by atoms with Gasteiger partial charge in [0.15, 0.2) is 16.9 Å². The van der Waals surface area contributed by atoms with E-state index in [4.69, 9.17) is 9.84 Å². The average Bonchev–Trinajstić information content (AvgIpc) is 3.36. The van der Waals surface area contributed by atoms with Gasteiger partial charge >= 0.3 is 0 Å². The predicted molar refractivity (Wildman–Crippen MR) is 105 cm³/mol. The van der Waals surface area contributed by atoms with Crippen molar-refractivity contribution in [3.05, 3.63) is 41.2 Å². The van der Waals surface area contributed by atoms with Crippen LogP contribution in [0.4, 0.5) is 0 Å². The molecule has 2 aromatic heterocycles. The van der Waals surface area contributed by atoms with Crippen LogP contribution in [0.1, 0.15) is 30.3 Å². The minimum Gasteiger partial charge on any atom is -0.483 e. The van der Waals surface area contributed by atoms with Gasteiger partial charge in [0.25, 0.3) is 0 Å². The number of thioether (sulfide) groups is 2. The maximum absolute atomic E-state index is 6.09. The van der Waals surface area contributed by atoms with Gasteiger partial charge in [0.1, 0.15) is 10.1 Å². The molecule has 1 aromatic carbocycles. The zero-order chi connectivity index (χ0) is 17.1. The van der Waals surface area contributed by atoms with Gasteiger partial charge in [-0.05, 0) is 18.6 Å². The number of hydrogen-bond donors (Lipinski definition) is 0. The van der Waals surface area contributed by atoms with E-state index in [1.165, 1.54) is 11.3 Å². The lowest BCUT2D eigenvalue weighted by atomic mass is 10.3. The summed E-state index contributed by atoms with van der Waals surface area (Å²) < 4.78 is 9.06. The van der Waals surface area contributed by atoms with Gasteiger partial charge in [0.2, 0.25) is 4.96 Å². The highest BCUT2D eigenvalue weighted by Gasteiger charge is 2.20. The molecular weight excluding hydrogens is 374 g/mol. The molecule has 0 N–H and O–H groups in total. The lowest BCUT2D eigenvalue weighted by Crippen LogP contribution is -2.07. The summed E-state index contributed by atoms with van der Waals surface area (Å²) in [4.78, 5) is 5.26. The van der Waals surface area contributed by atoms with Crippen molar-refractivity contribution in [1.29, 1.82) is 0 Å². The lowest BCUT2D eigenvalue weighted by Gasteiger charge is -2.14. The number of rotatable bonds is 6. The van der Waals surface area contributed by atoms with Gasteiger partial charge < -0.3 is 4.74 Å². The summed E-state index contributed by atoms with van der Waals surface area (Å²) in [7, 11) is 0. The highest BCUT2D eigenvalue weighted by Crippen LogP contribution is 2.29. The van der Waals surface area contributed by atoms with Crippen LogP contribution in [-0.4, -0.2) is 36.5 Å². The Morgan fingerprint density at radius 2 is 2.16 bits per heavy atom. The van der Waals surface area contributed by atoms with E-state index in [1.54, 1.807) is 23.5 Å². The Labute approximate surface area is 158 Å². The molecule has 1 atom stereocenters. The molecule has 1 aliphatic heterocycles. The molecule has 0 fully saturated rings. The van der Waals surface area contributed by atoms with Crippen molar-refractivity contribution in [2.75, 3.05) is 12.3 Å². The van der Waals surface area contributed by atoms with Crippen LogP contribution in [0.15, 0.2) is 35.3 Å². The second-order valence-electron chi connectivity index (χ2n) is 5.36. The van der Waals surface area contributed by atoms with Gasteiger partial charge in [0.05, 0.1) is 12.3 Å². The summed E-state index contributed by atoms with van der Waals surface area (Å²) in [6.45, 7) is 3.01. The van der Waals surface area contributed by atoms with Gasteiger partial charge in [0, 0.05) is 5.75 Å². The molecule has 0 radical (unpaired) electrons. The van der Waals surface area contributed by atoms with E-state index in [0.717, 1.165) is 50.4 Å². The number of nitrogens with zero attached hydrogens (tertiary/aromatic N) is 5. The molecule has 25 heavy (non-hydrogen) atoms. The van der Waals surface area contributed by atoms with Gasteiger partial charge in [-0.3, -0.25) is 4.99 Å². The first-order valence-electron chi connectivity index (χ1n) is 8.06. The average molecular weight is 392 g/mol. The van der Waals surface area contributed by atoms with Crippen molar-refractivity contribution in [2.24, 2.45) is 4.99 Å². The molecule has 130 valence electrons. The van der Waals surface area contributed by atoms with Crippen molar-refractivity contribution in [1.82, 2.24) is 19.8 Å². The summed E-state index contributed by atoms with van der Waals surface area (Å²) in [5.74, 6) is 3.51. The molecule has 0 unspecified atom stereocenters. The quantitative estimate of drug-likeness (QED) is 0.631. The number of aromatic nitrogens is 4. The smallest absolute Gasteiger partial charge is 0.234 e. The maximum atomic E-state index is 6.09. The van der Waals surface area contributed by atoms with Gasteiger partial charge in [-0.25, -0.2) is 0 Å². The second-order valence-corrected chi connectivity index (χ2v) is 8.66. The molecule has 0 saturated heterocycles. The lowest BCUT2D eigenvalue weighted by molar-refractivity contribution is 0.199. The van der Waals surface area contributed by atoms with Crippen LogP contribution in [0.3, 0.4) is 0 Å². The van der Waals surface area contributed by atoms with Crippen LogP contribution in [0.5, 0.6) is 5.75 Å². The van der Waals surface area contributed by atoms with Gasteiger partial charge in [-0.1, -0.05) is 60.0 Å². The number of para-hydroxylation sites is 1. The van der Waals surface area contributed by atoms with E-state index in [0.29, 0.717) is 0 Å². The van der Waals surface area contributed by atoms with E-state index in [-0.39, 0.29) is 6.10 Å². The van der Waals surface area contributed by atoms with E-state index in [2.05, 4.69) is 22.1 Å². The van der Waals surface area contributed by atoms with Crippen LogP contribution in [0.25, 0.3) is 4.96 Å². The van der Waals surface area contributed by atoms with Crippen molar-refractivity contribution in [2.45, 2.75) is 25.2 Å². The minimum absolute atomic E-state index is 0.0793. The van der Waals surface area contributed by atoms with E-state index >= 15 is 0 Å². The van der Waals surface area contributed by atoms with E-state index in [9.17, 15) is 0 Å². The van der Waals surface area contributed by atoms with E-state index in [1.807, 2.05) is 34.8 Å². The van der Waals surface area contributed by atoms with Crippen molar-refractivity contribution in [3.8, 4) is 5.75 Å². The number of ether oxygens (including phenoxy) is 1. The molecule has 0 amide bonds. The first kappa shape index (κ1) is 16.9. The fourth-order valence-corrected chi connectivity index (χ4v) is 5.28. The van der Waals surface area contributed by atoms with Crippen LogP contribution >= 0.6 is 34.9 Å². The van der Waals surface area contributed by atoms with Crippen LogP contribution in [0.2, 0.25) is 0 Å². The molecule has 0 saturated carbocycles.